The van der Waals surface area contributed by atoms with Crippen LogP contribution in [-0.4, -0.2) is 63.3 Å². The third kappa shape index (κ3) is 2.77. The molecule has 2 saturated heterocycles. The monoisotopic (exact) mass is 462 g/mol. The minimum Gasteiger partial charge on any atom is -0.393 e. The van der Waals surface area contributed by atoms with Crippen LogP contribution in [0.25, 0.3) is 0 Å². The number of aliphatic hydroxyl groups excluding tert-OH is 4. The summed E-state index contributed by atoms with van der Waals surface area (Å²) in [7, 11) is 0. The first-order valence-electron chi connectivity index (χ1n) is 13.3. The SMILES string of the molecule is C[C@H]1CO[C@@]2(O[C@H]3C[C@@H]4[C@@H]5CC=C6C[C@@H](O)C[C@@H](O)[C@]6(C)[C@@H]5CC[C@]4(C)[C@H]3[C@@H]2C)[C@@H](O)[C@@H]1O. The van der Waals surface area contributed by atoms with Crippen LogP contribution >= 0.6 is 0 Å². The fourth-order valence-corrected chi connectivity index (χ4v) is 9.84. The molecule has 0 aromatic carbocycles. The van der Waals surface area contributed by atoms with Crippen LogP contribution in [0.2, 0.25) is 0 Å². The topological polar surface area (TPSA) is 99.4 Å². The lowest BCUT2D eigenvalue weighted by molar-refractivity contribution is -0.338. The largest absolute Gasteiger partial charge is 0.393 e. The fourth-order valence-electron chi connectivity index (χ4n) is 9.84. The normalized spacial score (nSPS) is 62.3. The Morgan fingerprint density at radius 1 is 1.03 bits per heavy atom. The molecule has 4 N–H and O–H groups in total. The Kier molecular flexibility index (Phi) is 5.05. The van der Waals surface area contributed by atoms with Gasteiger partial charge in [0.15, 0.2) is 5.79 Å². The van der Waals surface area contributed by atoms with Gasteiger partial charge >= 0.3 is 0 Å². The number of aliphatic hydroxyl groups is 4. The number of hydrogen-bond donors (Lipinski definition) is 4. The first-order valence-corrected chi connectivity index (χ1v) is 13.3. The van der Waals surface area contributed by atoms with Crippen LogP contribution in [0.4, 0.5) is 0 Å². The highest BCUT2D eigenvalue weighted by atomic mass is 16.7. The van der Waals surface area contributed by atoms with Gasteiger partial charge in [-0.2, -0.15) is 0 Å². The van der Waals surface area contributed by atoms with Gasteiger partial charge in [-0.3, -0.25) is 0 Å². The Morgan fingerprint density at radius 3 is 2.55 bits per heavy atom. The van der Waals surface area contributed by atoms with Crippen molar-refractivity contribution in [2.75, 3.05) is 6.61 Å². The summed E-state index contributed by atoms with van der Waals surface area (Å²) in [5.41, 5.74) is 1.12. The second kappa shape index (κ2) is 7.27. The summed E-state index contributed by atoms with van der Waals surface area (Å²) in [5.74, 6) is 0.520. The molecule has 186 valence electrons. The first kappa shape index (κ1) is 22.9. The zero-order valence-corrected chi connectivity index (χ0v) is 20.5. The van der Waals surface area contributed by atoms with Crippen molar-refractivity contribution in [1.29, 1.82) is 0 Å². The summed E-state index contributed by atoms with van der Waals surface area (Å²) >= 11 is 0. The molecule has 1 spiro atoms. The molecule has 3 saturated carbocycles. The van der Waals surface area contributed by atoms with Crippen LogP contribution in [-0.2, 0) is 9.47 Å². The first-order chi connectivity index (χ1) is 15.5. The van der Waals surface area contributed by atoms with Crippen molar-refractivity contribution in [3.05, 3.63) is 11.6 Å². The Bertz CT molecular complexity index is 844. The van der Waals surface area contributed by atoms with Gasteiger partial charge in [-0.1, -0.05) is 39.3 Å². The fraction of sp³-hybridized carbons (Fsp3) is 0.926. The molecule has 0 unspecified atom stereocenters. The van der Waals surface area contributed by atoms with Crippen LogP contribution in [0.1, 0.15) is 66.2 Å². The molecule has 5 fully saturated rings. The number of hydrogen-bond acceptors (Lipinski definition) is 6. The van der Waals surface area contributed by atoms with Crippen molar-refractivity contribution in [3.8, 4) is 0 Å². The van der Waals surface area contributed by atoms with Crippen molar-refractivity contribution in [3.63, 3.8) is 0 Å². The van der Waals surface area contributed by atoms with E-state index >= 15 is 0 Å². The lowest BCUT2D eigenvalue weighted by atomic mass is 9.46. The third-order valence-corrected chi connectivity index (χ3v) is 11.7. The third-order valence-electron chi connectivity index (χ3n) is 11.7. The highest BCUT2D eigenvalue weighted by Gasteiger charge is 2.71. The van der Waals surface area contributed by atoms with Gasteiger partial charge in [-0.05, 0) is 61.2 Å². The lowest BCUT2D eigenvalue weighted by Gasteiger charge is -2.59. The number of fused-ring (bicyclic) bond motifs is 7. The highest BCUT2D eigenvalue weighted by molar-refractivity contribution is 5.28. The molecule has 0 aromatic heterocycles. The van der Waals surface area contributed by atoms with Crippen molar-refractivity contribution in [2.24, 2.45) is 46.3 Å². The predicted octanol–water partition coefficient (Wildman–Crippen LogP) is 2.63. The molecule has 33 heavy (non-hydrogen) atoms. The van der Waals surface area contributed by atoms with Crippen LogP contribution < -0.4 is 0 Å². The summed E-state index contributed by atoms with van der Waals surface area (Å²) in [6, 6.07) is 0. The zero-order chi connectivity index (χ0) is 23.5. The molecule has 6 nitrogen and oxygen atoms in total. The summed E-state index contributed by atoms with van der Waals surface area (Å²) in [6.07, 6.45) is 4.89. The van der Waals surface area contributed by atoms with Gasteiger partial charge in [0.2, 0.25) is 0 Å². The molecule has 0 radical (unpaired) electrons. The van der Waals surface area contributed by atoms with Gasteiger partial charge in [0.25, 0.3) is 0 Å². The van der Waals surface area contributed by atoms with Crippen LogP contribution in [0.5, 0.6) is 0 Å². The Balaban J connectivity index is 1.31. The van der Waals surface area contributed by atoms with Crippen molar-refractivity contribution in [2.45, 2.75) is 103 Å². The van der Waals surface area contributed by atoms with Crippen LogP contribution in [0.15, 0.2) is 11.6 Å². The molecular weight excluding hydrogens is 420 g/mol. The molecule has 6 heteroatoms. The van der Waals surface area contributed by atoms with Gasteiger partial charge < -0.3 is 29.9 Å². The second-order valence-electron chi connectivity index (χ2n) is 12.9. The maximum absolute atomic E-state index is 11.1. The smallest absolute Gasteiger partial charge is 0.200 e. The van der Waals surface area contributed by atoms with Crippen molar-refractivity contribution in [1.82, 2.24) is 0 Å². The van der Waals surface area contributed by atoms with Crippen molar-refractivity contribution < 1.29 is 29.9 Å². The molecule has 6 aliphatic rings. The van der Waals surface area contributed by atoms with Crippen LogP contribution in [0, 0.1) is 46.3 Å². The molecule has 14 atom stereocenters. The lowest BCUT2D eigenvalue weighted by Crippen LogP contribution is -2.62. The Labute approximate surface area is 197 Å². The van der Waals surface area contributed by atoms with E-state index in [9.17, 15) is 20.4 Å². The summed E-state index contributed by atoms with van der Waals surface area (Å²) in [6.45, 7) is 9.14. The summed E-state index contributed by atoms with van der Waals surface area (Å²) < 4.78 is 12.8. The quantitative estimate of drug-likeness (QED) is 0.413. The molecule has 2 heterocycles. The number of allylic oxidation sites excluding steroid dienone is 1. The van der Waals surface area contributed by atoms with E-state index in [0.717, 1.165) is 25.7 Å². The molecule has 2 aliphatic heterocycles. The second-order valence-corrected chi connectivity index (χ2v) is 12.9. The van der Waals surface area contributed by atoms with E-state index in [2.05, 4.69) is 26.8 Å². The Hall–Kier alpha value is -0.500. The van der Waals surface area contributed by atoms with E-state index in [1.165, 1.54) is 5.57 Å². The van der Waals surface area contributed by atoms with Gasteiger partial charge in [0, 0.05) is 23.7 Å². The number of rotatable bonds is 0. The van der Waals surface area contributed by atoms with E-state index in [1.54, 1.807) is 0 Å². The van der Waals surface area contributed by atoms with E-state index in [0.29, 0.717) is 37.2 Å². The highest BCUT2D eigenvalue weighted by Crippen LogP contribution is 2.70. The summed E-state index contributed by atoms with van der Waals surface area (Å²) in [5, 5.41) is 43.1. The van der Waals surface area contributed by atoms with Crippen molar-refractivity contribution >= 4 is 0 Å². The minimum atomic E-state index is -1.10. The van der Waals surface area contributed by atoms with Crippen LogP contribution in [0.3, 0.4) is 0 Å². The van der Waals surface area contributed by atoms with E-state index < -0.39 is 30.2 Å². The van der Waals surface area contributed by atoms with E-state index in [4.69, 9.17) is 9.47 Å². The van der Waals surface area contributed by atoms with Gasteiger partial charge in [0.1, 0.15) is 6.10 Å². The average molecular weight is 463 g/mol. The molecule has 0 amide bonds. The van der Waals surface area contributed by atoms with E-state index in [-0.39, 0.29) is 34.7 Å². The molecule has 4 aliphatic carbocycles. The average Bonchev–Trinajstić information content (AvgIpc) is 3.22. The molecule has 0 bridgehead atoms. The maximum Gasteiger partial charge on any atom is 0.200 e. The van der Waals surface area contributed by atoms with E-state index in [1.807, 2.05) is 6.92 Å². The van der Waals surface area contributed by atoms with Gasteiger partial charge in [-0.25, -0.2) is 0 Å². The summed E-state index contributed by atoms with van der Waals surface area (Å²) in [4.78, 5) is 0. The molecule has 0 aromatic rings. The predicted molar refractivity (Wildman–Crippen MR) is 122 cm³/mol. The Morgan fingerprint density at radius 2 is 1.79 bits per heavy atom. The standard InChI is InChI=1S/C27H42O6/c1-13-12-32-27(24(31)23(13)30)14(2)22-20(33-27)11-19-17-6-5-15-9-16(28)10-21(29)26(15,4)18(17)7-8-25(19,22)3/h5,13-14,16-24,28-31H,6-12H2,1-4H3/t13-,14-,16+,17+,18+,19+,20-,21+,22-,23+,24-,25-,26-,27-/m0/s1. The maximum atomic E-state index is 11.1. The minimum absolute atomic E-state index is 0.00639. The van der Waals surface area contributed by atoms with Gasteiger partial charge in [-0.15, -0.1) is 0 Å². The zero-order valence-electron chi connectivity index (χ0n) is 20.5. The number of ether oxygens (including phenoxy) is 2. The molecular formula is C27H42O6. The molecule has 6 rings (SSSR count). The van der Waals surface area contributed by atoms with Gasteiger partial charge in [0.05, 0.1) is 31.0 Å².